The lowest BCUT2D eigenvalue weighted by molar-refractivity contribution is -0.384. The lowest BCUT2D eigenvalue weighted by Gasteiger charge is -2.27. The zero-order chi connectivity index (χ0) is 18.0. The van der Waals surface area contributed by atoms with Gasteiger partial charge in [0.05, 0.1) is 10.5 Å². The number of nitro groups is 1. The Labute approximate surface area is 150 Å². The highest BCUT2D eigenvalue weighted by atomic mass is 35.5. The molecule has 6 heteroatoms. The number of rotatable bonds is 6. The van der Waals surface area contributed by atoms with E-state index >= 15 is 0 Å². The summed E-state index contributed by atoms with van der Waals surface area (Å²) in [6.07, 6.45) is 2.75. The molecule has 0 aromatic heterocycles. The van der Waals surface area contributed by atoms with Crippen molar-refractivity contribution < 1.29 is 14.5 Å². The van der Waals surface area contributed by atoms with Crippen molar-refractivity contribution in [1.29, 1.82) is 0 Å². The number of carbonyl (C=O) groups is 1. The Morgan fingerprint density at radius 3 is 2.56 bits per heavy atom. The maximum absolute atomic E-state index is 13.1. The first-order valence-electron chi connectivity index (χ1n) is 8.22. The second kappa shape index (κ2) is 6.84. The predicted molar refractivity (Wildman–Crippen MR) is 95.5 cm³/mol. The number of hydrogen-bond donors (Lipinski definition) is 0. The smallest absolute Gasteiger partial charge is 0.269 e. The minimum Gasteiger partial charge on any atom is -0.478 e. The first kappa shape index (κ1) is 17.4. The fourth-order valence-electron chi connectivity index (χ4n) is 3.17. The van der Waals surface area contributed by atoms with Crippen LogP contribution in [0, 0.1) is 10.1 Å². The molecule has 25 heavy (non-hydrogen) atoms. The van der Waals surface area contributed by atoms with Gasteiger partial charge in [-0.05, 0) is 36.6 Å². The van der Waals surface area contributed by atoms with Gasteiger partial charge in [0.25, 0.3) is 5.69 Å². The summed E-state index contributed by atoms with van der Waals surface area (Å²) in [6.45, 7) is 2.06. The molecule has 1 heterocycles. The summed E-state index contributed by atoms with van der Waals surface area (Å²) in [6, 6.07) is 11.3. The van der Waals surface area contributed by atoms with Crippen LogP contribution in [0.15, 0.2) is 42.5 Å². The predicted octanol–water partition coefficient (Wildman–Crippen LogP) is 5.00. The average Bonchev–Trinajstić information content (AvgIpc) is 2.86. The third kappa shape index (κ3) is 3.37. The highest BCUT2D eigenvalue weighted by Gasteiger charge is 2.47. The second-order valence-corrected chi connectivity index (χ2v) is 6.71. The standard InChI is InChI=1S/C19H18ClNO4/c1-2-3-10-19(12-13-4-7-15(8-5-13)21(23)24)18(22)16-11-14(20)6-9-17(16)25-19/h4-9,11H,2-3,10,12H2,1H3. The molecule has 1 atom stereocenters. The van der Waals surface area contributed by atoms with Crippen molar-refractivity contribution in [3.63, 3.8) is 0 Å². The fourth-order valence-corrected chi connectivity index (χ4v) is 3.34. The highest BCUT2D eigenvalue weighted by molar-refractivity contribution is 6.31. The Balaban J connectivity index is 1.92. The molecule has 1 aliphatic rings. The van der Waals surface area contributed by atoms with Gasteiger partial charge in [0, 0.05) is 23.6 Å². The van der Waals surface area contributed by atoms with Gasteiger partial charge in [-0.3, -0.25) is 14.9 Å². The molecular weight excluding hydrogens is 342 g/mol. The van der Waals surface area contributed by atoms with Crippen LogP contribution in [0.25, 0.3) is 0 Å². The average molecular weight is 360 g/mol. The number of ether oxygens (including phenoxy) is 1. The summed E-state index contributed by atoms with van der Waals surface area (Å²) >= 11 is 6.02. The molecule has 1 unspecified atom stereocenters. The van der Waals surface area contributed by atoms with Crippen LogP contribution in [-0.4, -0.2) is 16.3 Å². The van der Waals surface area contributed by atoms with Crippen molar-refractivity contribution in [1.82, 2.24) is 0 Å². The van der Waals surface area contributed by atoms with Crippen LogP contribution in [-0.2, 0) is 6.42 Å². The minimum atomic E-state index is -0.973. The zero-order valence-corrected chi connectivity index (χ0v) is 14.6. The monoisotopic (exact) mass is 359 g/mol. The van der Waals surface area contributed by atoms with Gasteiger partial charge in [0.15, 0.2) is 5.60 Å². The van der Waals surface area contributed by atoms with E-state index in [0.29, 0.717) is 29.2 Å². The molecule has 0 amide bonds. The third-order valence-corrected chi connectivity index (χ3v) is 4.71. The van der Waals surface area contributed by atoms with Crippen molar-refractivity contribution in [3.05, 3.63) is 68.7 Å². The van der Waals surface area contributed by atoms with E-state index in [2.05, 4.69) is 6.92 Å². The number of Topliss-reactive ketones (excluding diaryl/α,β-unsaturated/α-hetero) is 1. The fraction of sp³-hybridized carbons (Fsp3) is 0.316. The molecule has 0 N–H and O–H groups in total. The van der Waals surface area contributed by atoms with Crippen LogP contribution in [0.2, 0.25) is 5.02 Å². The molecule has 3 rings (SSSR count). The Morgan fingerprint density at radius 1 is 1.20 bits per heavy atom. The Hall–Kier alpha value is -2.40. The van der Waals surface area contributed by atoms with Crippen molar-refractivity contribution in [2.75, 3.05) is 0 Å². The molecule has 5 nitrogen and oxygen atoms in total. The van der Waals surface area contributed by atoms with Gasteiger partial charge >= 0.3 is 0 Å². The van der Waals surface area contributed by atoms with Gasteiger partial charge in [-0.2, -0.15) is 0 Å². The SMILES string of the molecule is CCCCC1(Cc2ccc([N+](=O)[O-])cc2)Oc2ccc(Cl)cc2C1=O. The molecule has 0 radical (unpaired) electrons. The van der Waals surface area contributed by atoms with Gasteiger partial charge in [0.1, 0.15) is 5.75 Å². The summed E-state index contributed by atoms with van der Waals surface area (Å²) < 4.78 is 6.10. The molecule has 2 aromatic rings. The molecule has 2 aromatic carbocycles. The summed E-state index contributed by atoms with van der Waals surface area (Å²) in [7, 11) is 0. The van der Waals surface area contributed by atoms with E-state index in [9.17, 15) is 14.9 Å². The minimum absolute atomic E-state index is 0.0279. The van der Waals surface area contributed by atoms with Crippen LogP contribution in [0.3, 0.4) is 0 Å². The third-order valence-electron chi connectivity index (χ3n) is 4.48. The molecule has 0 saturated heterocycles. The lowest BCUT2D eigenvalue weighted by Crippen LogP contribution is -2.42. The summed E-state index contributed by atoms with van der Waals surface area (Å²) in [5, 5.41) is 11.3. The van der Waals surface area contributed by atoms with Crippen molar-refractivity contribution in [2.45, 2.75) is 38.2 Å². The molecule has 0 fully saturated rings. The molecule has 0 aliphatic carbocycles. The van der Waals surface area contributed by atoms with Crippen LogP contribution >= 0.6 is 11.6 Å². The van der Waals surface area contributed by atoms with E-state index < -0.39 is 10.5 Å². The molecule has 1 aliphatic heterocycles. The van der Waals surface area contributed by atoms with Crippen molar-refractivity contribution in [2.24, 2.45) is 0 Å². The quantitative estimate of drug-likeness (QED) is 0.537. The molecule has 0 spiro atoms. The number of unbranched alkanes of at least 4 members (excludes halogenated alkanes) is 1. The number of benzene rings is 2. The van der Waals surface area contributed by atoms with Crippen LogP contribution in [0.4, 0.5) is 5.69 Å². The van der Waals surface area contributed by atoms with E-state index in [1.165, 1.54) is 12.1 Å². The van der Waals surface area contributed by atoms with Crippen LogP contribution in [0.1, 0.15) is 42.1 Å². The first-order chi connectivity index (χ1) is 11.9. The van der Waals surface area contributed by atoms with Crippen LogP contribution < -0.4 is 4.74 Å². The number of halogens is 1. The van der Waals surface area contributed by atoms with E-state index in [4.69, 9.17) is 16.3 Å². The van der Waals surface area contributed by atoms with E-state index in [-0.39, 0.29) is 11.5 Å². The van der Waals surface area contributed by atoms with E-state index in [1.807, 2.05) is 0 Å². The highest BCUT2D eigenvalue weighted by Crippen LogP contribution is 2.41. The van der Waals surface area contributed by atoms with Gasteiger partial charge < -0.3 is 4.74 Å². The summed E-state index contributed by atoms with van der Waals surface area (Å²) in [5.41, 5.74) is 0.388. The molecular formula is C19H18ClNO4. The molecule has 130 valence electrons. The number of ketones is 1. The number of carbonyl (C=O) groups excluding carboxylic acids is 1. The Kier molecular flexibility index (Phi) is 4.77. The van der Waals surface area contributed by atoms with Crippen molar-refractivity contribution in [3.8, 4) is 5.75 Å². The number of non-ortho nitro benzene ring substituents is 1. The maximum atomic E-state index is 13.1. The van der Waals surface area contributed by atoms with Gasteiger partial charge in [0.2, 0.25) is 5.78 Å². The van der Waals surface area contributed by atoms with Gasteiger partial charge in [-0.15, -0.1) is 0 Å². The van der Waals surface area contributed by atoms with E-state index in [0.717, 1.165) is 18.4 Å². The maximum Gasteiger partial charge on any atom is 0.269 e. The number of hydrogen-bond acceptors (Lipinski definition) is 4. The number of nitrogens with zero attached hydrogens (tertiary/aromatic N) is 1. The van der Waals surface area contributed by atoms with Crippen LogP contribution in [0.5, 0.6) is 5.75 Å². The van der Waals surface area contributed by atoms with E-state index in [1.54, 1.807) is 30.3 Å². The normalized spacial score (nSPS) is 18.7. The van der Waals surface area contributed by atoms with Gasteiger partial charge in [-0.25, -0.2) is 0 Å². The Bertz CT molecular complexity index is 819. The van der Waals surface area contributed by atoms with Gasteiger partial charge in [-0.1, -0.05) is 37.1 Å². The Morgan fingerprint density at radius 2 is 1.92 bits per heavy atom. The first-order valence-corrected chi connectivity index (χ1v) is 8.60. The topological polar surface area (TPSA) is 69.4 Å². The number of fused-ring (bicyclic) bond motifs is 1. The summed E-state index contributed by atoms with van der Waals surface area (Å²) in [5.74, 6) is 0.476. The second-order valence-electron chi connectivity index (χ2n) is 6.27. The molecule has 0 bridgehead atoms. The van der Waals surface area contributed by atoms with Crippen molar-refractivity contribution >= 4 is 23.1 Å². The lowest BCUT2D eigenvalue weighted by atomic mass is 9.84. The number of nitro benzene ring substituents is 1. The molecule has 0 saturated carbocycles. The summed E-state index contributed by atoms with van der Waals surface area (Å²) in [4.78, 5) is 23.4. The zero-order valence-electron chi connectivity index (χ0n) is 13.8. The largest absolute Gasteiger partial charge is 0.478 e.